The van der Waals surface area contributed by atoms with E-state index in [0.29, 0.717) is 24.2 Å². The molecule has 1 aliphatic rings. The Morgan fingerprint density at radius 2 is 1.88 bits per heavy atom. The molecule has 180 valence electrons. The van der Waals surface area contributed by atoms with E-state index in [1.165, 1.54) is 30.6 Å². The van der Waals surface area contributed by atoms with Gasteiger partial charge in [0.15, 0.2) is 0 Å². The van der Waals surface area contributed by atoms with Crippen LogP contribution in [-0.4, -0.2) is 39.2 Å². The minimum Gasteiger partial charge on any atom is -0.406 e. The minimum atomic E-state index is -4.77. The number of benzene rings is 2. The molecule has 10 heteroatoms. The van der Waals surface area contributed by atoms with E-state index < -0.39 is 6.36 Å². The second-order valence-electron chi connectivity index (χ2n) is 7.85. The van der Waals surface area contributed by atoms with Gasteiger partial charge in [0.05, 0.1) is 18.0 Å². The SMILES string of the molecule is C=CC(=O)NCc1cc(-c2ccc(OC(F)(F)F)cc2)c2c(c1C/C(C=N)=C/N)N(C)CN2C. The van der Waals surface area contributed by atoms with Gasteiger partial charge in [-0.3, -0.25) is 4.79 Å². The summed E-state index contributed by atoms with van der Waals surface area (Å²) in [6.45, 7) is 4.25. The monoisotopic (exact) mass is 473 g/mol. The Hall–Kier alpha value is -3.95. The summed E-state index contributed by atoms with van der Waals surface area (Å²) in [4.78, 5) is 16.0. The Labute approximate surface area is 195 Å². The maximum Gasteiger partial charge on any atom is 0.573 e. The molecular formula is C24H26F3N5O2. The van der Waals surface area contributed by atoms with E-state index in [1.54, 1.807) is 12.1 Å². The molecule has 2 aromatic rings. The van der Waals surface area contributed by atoms with Crippen LogP contribution in [0.5, 0.6) is 5.75 Å². The fraction of sp³-hybridized carbons (Fsp3) is 0.250. The minimum absolute atomic E-state index is 0.198. The number of hydrogen-bond acceptors (Lipinski definition) is 6. The zero-order valence-electron chi connectivity index (χ0n) is 18.9. The van der Waals surface area contributed by atoms with Gasteiger partial charge in [0.1, 0.15) is 5.75 Å². The van der Waals surface area contributed by atoms with Crippen molar-refractivity contribution in [3.63, 3.8) is 0 Å². The highest BCUT2D eigenvalue weighted by molar-refractivity contribution is 5.95. The first kappa shape index (κ1) is 24.7. The van der Waals surface area contributed by atoms with Gasteiger partial charge in [-0.15, -0.1) is 13.2 Å². The van der Waals surface area contributed by atoms with Gasteiger partial charge in [-0.25, -0.2) is 0 Å². The quantitative estimate of drug-likeness (QED) is 0.399. The fourth-order valence-electron chi connectivity index (χ4n) is 4.04. The Balaban J connectivity index is 2.17. The third-order valence-corrected chi connectivity index (χ3v) is 5.48. The number of allylic oxidation sites excluding steroid dienone is 1. The van der Waals surface area contributed by atoms with Crippen LogP contribution in [0.15, 0.2) is 54.8 Å². The maximum atomic E-state index is 12.6. The van der Waals surface area contributed by atoms with E-state index >= 15 is 0 Å². The van der Waals surface area contributed by atoms with Crippen LogP contribution in [-0.2, 0) is 17.8 Å². The largest absolute Gasteiger partial charge is 0.573 e. The summed E-state index contributed by atoms with van der Waals surface area (Å²) in [5.74, 6) is -0.647. The normalized spacial score (nSPS) is 13.5. The van der Waals surface area contributed by atoms with Crippen LogP contribution in [0.4, 0.5) is 24.5 Å². The summed E-state index contributed by atoms with van der Waals surface area (Å²) in [6.07, 6.45) is -0.663. The van der Waals surface area contributed by atoms with E-state index in [2.05, 4.69) is 16.6 Å². The van der Waals surface area contributed by atoms with Crippen LogP contribution in [0.25, 0.3) is 11.1 Å². The lowest BCUT2D eigenvalue weighted by atomic mass is 9.91. The van der Waals surface area contributed by atoms with E-state index in [1.807, 2.05) is 30.0 Å². The molecule has 3 rings (SSSR count). The molecule has 1 heterocycles. The zero-order chi connectivity index (χ0) is 25.0. The average molecular weight is 473 g/mol. The Morgan fingerprint density at radius 3 is 2.44 bits per heavy atom. The lowest BCUT2D eigenvalue weighted by Gasteiger charge is -2.22. The third-order valence-electron chi connectivity index (χ3n) is 5.48. The molecule has 0 aromatic heterocycles. The van der Waals surface area contributed by atoms with Crippen LogP contribution in [0, 0.1) is 5.41 Å². The van der Waals surface area contributed by atoms with Crippen LogP contribution >= 0.6 is 0 Å². The van der Waals surface area contributed by atoms with Gasteiger partial charge in [0, 0.05) is 38.8 Å². The molecule has 1 amide bonds. The van der Waals surface area contributed by atoms with Crippen molar-refractivity contribution in [1.29, 1.82) is 5.41 Å². The summed E-state index contributed by atoms with van der Waals surface area (Å²) < 4.78 is 41.7. The predicted octanol–water partition coefficient (Wildman–Crippen LogP) is 3.93. The number of nitrogens with zero attached hydrogens (tertiary/aromatic N) is 2. The number of carbonyl (C=O) groups is 1. The van der Waals surface area contributed by atoms with Gasteiger partial charge in [-0.1, -0.05) is 18.7 Å². The molecule has 0 spiro atoms. The molecule has 2 aromatic carbocycles. The molecule has 0 unspecified atom stereocenters. The van der Waals surface area contributed by atoms with Crippen LogP contribution in [0.2, 0.25) is 0 Å². The van der Waals surface area contributed by atoms with Gasteiger partial charge in [-0.2, -0.15) is 0 Å². The molecule has 0 aliphatic carbocycles. The second kappa shape index (κ2) is 9.90. The van der Waals surface area contributed by atoms with Crippen molar-refractivity contribution >= 4 is 23.5 Å². The lowest BCUT2D eigenvalue weighted by Crippen LogP contribution is -2.24. The maximum absolute atomic E-state index is 12.6. The van der Waals surface area contributed by atoms with Crippen molar-refractivity contribution in [2.45, 2.75) is 19.3 Å². The Bertz CT molecular complexity index is 1130. The van der Waals surface area contributed by atoms with Crippen molar-refractivity contribution in [1.82, 2.24) is 5.32 Å². The van der Waals surface area contributed by atoms with Crippen molar-refractivity contribution in [2.24, 2.45) is 5.73 Å². The van der Waals surface area contributed by atoms with Crippen LogP contribution in [0.1, 0.15) is 11.1 Å². The molecule has 7 nitrogen and oxygen atoms in total. The number of amides is 1. The van der Waals surface area contributed by atoms with E-state index in [9.17, 15) is 18.0 Å². The van der Waals surface area contributed by atoms with Gasteiger partial charge in [0.25, 0.3) is 0 Å². The number of alkyl halides is 3. The summed E-state index contributed by atoms with van der Waals surface area (Å²) in [6, 6.07) is 7.58. The molecule has 0 fully saturated rings. The number of ether oxygens (including phenoxy) is 1. The van der Waals surface area contributed by atoms with E-state index in [0.717, 1.165) is 28.1 Å². The predicted molar refractivity (Wildman–Crippen MR) is 127 cm³/mol. The Morgan fingerprint density at radius 1 is 1.24 bits per heavy atom. The average Bonchev–Trinajstić information content (AvgIpc) is 3.09. The number of anilines is 2. The molecule has 1 aliphatic heterocycles. The number of nitrogens with two attached hydrogens (primary N) is 1. The summed E-state index contributed by atoms with van der Waals surface area (Å²) >= 11 is 0. The highest BCUT2D eigenvalue weighted by Gasteiger charge is 2.32. The summed E-state index contributed by atoms with van der Waals surface area (Å²) in [7, 11) is 3.85. The van der Waals surface area contributed by atoms with Crippen LogP contribution in [0.3, 0.4) is 0 Å². The first-order valence-electron chi connectivity index (χ1n) is 10.4. The summed E-state index contributed by atoms with van der Waals surface area (Å²) in [5, 5.41) is 10.4. The number of rotatable bonds is 8. The number of hydrogen-bond donors (Lipinski definition) is 3. The zero-order valence-corrected chi connectivity index (χ0v) is 18.9. The molecule has 0 atom stereocenters. The number of halogens is 3. The van der Waals surface area contributed by atoms with E-state index in [4.69, 9.17) is 11.1 Å². The molecule has 4 N–H and O–H groups in total. The fourth-order valence-corrected chi connectivity index (χ4v) is 4.04. The third kappa shape index (κ3) is 5.33. The van der Waals surface area contributed by atoms with Gasteiger partial charge < -0.3 is 31.0 Å². The summed E-state index contributed by atoms with van der Waals surface area (Å²) in [5.41, 5.74) is 11.3. The van der Waals surface area contributed by atoms with Gasteiger partial charge in [-0.05, 0) is 52.7 Å². The lowest BCUT2D eigenvalue weighted by molar-refractivity contribution is -0.274. The number of carbonyl (C=O) groups excluding carboxylic acids is 1. The van der Waals surface area contributed by atoms with Crippen LogP contribution < -0.4 is 25.6 Å². The first-order chi connectivity index (χ1) is 16.1. The van der Waals surface area contributed by atoms with Crippen molar-refractivity contribution in [3.05, 3.63) is 65.9 Å². The second-order valence-corrected chi connectivity index (χ2v) is 7.85. The smallest absolute Gasteiger partial charge is 0.406 e. The first-order valence-corrected chi connectivity index (χ1v) is 10.4. The number of fused-ring (bicyclic) bond motifs is 1. The standard InChI is InChI=1S/C24H26F3N5O2/c1-4-21(33)30-13-17-10-20(16-5-7-18(8-6-16)34-24(25,26)27)23-22(31(2)14-32(23)3)19(17)9-15(11-28)12-29/h4-8,10-12,28H,1,9,13-14,29H2,2-3H3,(H,30,33)/b15-12-,28-11?. The molecule has 0 saturated heterocycles. The number of nitrogens with one attached hydrogen (secondary N) is 2. The van der Waals surface area contributed by atoms with Gasteiger partial charge in [0.2, 0.25) is 5.91 Å². The molecular weight excluding hydrogens is 447 g/mol. The topological polar surface area (TPSA) is 94.7 Å². The van der Waals surface area contributed by atoms with Gasteiger partial charge >= 0.3 is 6.36 Å². The van der Waals surface area contributed by atoms with Crippen molar-refractivity contribution < 1.29 is 22.7 Å². The molecule has 0 bridgehead atoms. The highest BCUT2D eigenvalue weighted by atomic mass is 19.4. The van der Waals surface area contributed by atoms with Crippen molar-refractivity contribution in [3.8, 4) is 16.9 Å². The molecule has 0 radical (unpaired) electrons. The van der Waals surface area contributed by atoms with E-state index in [-0.39, 0.29) is 18.2 Å². The molecule has 0 saturated carbocycles. The Kier molecular flexibility index (Phi) is 7.19. The van der Waals surface area contributed by atoms with Crippen molar-refractivity contribution in [2.75, 3.05) is 30.6 Å². The molecule has 34 heavy (non-hydrogen) atoms. The highest BCUT2D eigenvalue weighted by Crippen LogP contribution is 2.47.